The summed E-state index contributed by atoms with van der Waals surface area (Å²) in [6.45, 7) is 10.4. The molecular formula is C12H21N3. The van der Waals surface area contributed by atoms with Crippen molar-refractivity contribution in [3.05, 3.63) is 24.4 Å². The van der Waals surface area contributed by atoms with E-state index in [-0.39, 0.29) is 0 Å². The van der Waals surface area contributed by atoms with Crippen molar-refractivity contribution in [2.75, 3.05) is 26.2 Å². The van der Waals surface area contributed by atoms with Crippen LogP contribution < -0.4 is 10.6 Å². The maximum atomic E-state index is 3.68. The second kappa shape index (κ2) is 4.81. The van der Waals surface area contributed by atoms with Crippen molar-refractivity contribution >= 4 is 0 Å². The molecule has 0 aromatic heterocycles. The minimum atomic E-state index is 0.764. The Morgan fingerprint density at radius 1 is 1.67 bits per heavy atom. The van der Waals surface area contributed by atoms with Crippen molar-refractivity contribution in [2.24, 2.45) is 0 Å². The van der Waals surface area contributed by atoms with Crippen LogP contribution in [0.3, 0.4) is 0 Å². The number of piperazine rings is 1. The maximum Gasteiger partial charge on any atom is 0.0271 e. The highest BCUT2D eigenvalue weighted by atomic mass is 15.3. The first kappa shape index (κ1) is 10.7. The lowest BCUT2D eigenvalue weighted by atomic mass is 10.2. The van der Waals surface area contributed by atoms with E-state index in [1.165, 1.54) is 25.2 Å². The maximum absolute atomic E-state index is 3.68. The average molecular weight is 207 g/mol. The van der Waals surface area contributed by atoms with Crippen LogP contribution in [0.4, 0.5) is 0 Å². The van der Waals surface area contributed by atoms with E-state index in [1.807, 2.05) is 12.2 Å². The van der Waals surface area contributed by atoms with Crippen LogP contribution in [0.15, 0.2) is 24.4 Å². The van der Waals surface area contributed by atoms with Gasteiger partial charge in [-0.25, -0.2) is 0 Å². The molecule has 0 radical (unpaired) electrons. The van der Waals surface area contributed by atoms with Crippen LogP contribution in [0.2, 0.25) is 0 Å². The summed E-state index contributed by atoms with van der Waals surface area (Å²) in [5.41, 5.74) is 1.20. The SMILES string of the molecule is C=C/C=C(\C)NCCN1CC2CC1CN2. The van der Waals surface area contributed by atoms with Gasteiger partial charge in [-0.1, -0.05) is 12.7 Å². The molecule has 0 amide bonds. The van der Waals surface area contributed by atoms with E-state index in [0.717, 1.165) is 25.2 Å². The minimum absolute atomic E-state index is 0.764. The van der Waals surface area contributed by atoms with Gasteiger partial charge >= 0.3 is 0 Å². The molecule has 2 saturated heterocycles. The van der Waals surface area contributed by atoms with Gasteiger partial charge < -0.3 is 10.6 Å². The molecular weight excluding hydrogens is 186 g/mol. The fourth-order valence-corrected chi connectivity index (χ4v) is 2.55. The fourth-order valence-electron chi connectivity index (χ4n) is 2.55. The lowest BCUT2D eigenvalue weighted by Gasteiger charge is -2.27. The molecule has 2 heterocycles. The minimum Gasteiger partial charge on any atom is -0.387 e. The third kappa shape index (κ3) is 2.61. The zero-order valence-corrected chi connectivity index (χ0v) is 9.50. The summed E-state index contributed by atoms with van der Waals surface area (Å²) in [6, 6.07) is 1.56. The summed E-state index contributed by atoms with van der Waals surface area (Å²) in [6.07, 6.45) is 5.18. The van der Waals surface area contributed by atoms with Crippen molar-refractivity contribution in [3.63, 3.8) is 0 Å². The van der Waals surface area contributed by atoms with E-state index in [1.54, 1.807) is 0 Å². The molecule has 2 atom stereocenters. The third-order valence-corrected chi connectivity index (χ3v) is 3.34. The number of hydrogen-bond donors (Lipinski definition) is 2. The summed E-state index contributed by atoms with van der Waals surface area (Å²) < 4.78 is 0. The molecule has 2 fully saturated rings. The topological polar surface area (TPSA) is 27.3 Å². The van der Waals surface area contributed by atoms with Gasteiger partial charge in [0.2, 0.25) is 0 Å². The van der Waals surface area contributed by atoms with Gasteiger partial charge in [-0.15, -0.1) is 0 Å². The summed E-state index contributed by atoms with van der Waals surface area (Å²) >= 11 is 0. The summed E-state index contributed by atoms with van der Waals surface area (Å²) in [4.78, 5) is 2.59. The van der Waals surface area contributed by atoms with Crippen LogP contribution in [0.5, 0.6) is 0 Å². The Bertz CT molecular complexity index is 260. The van der Waals surface area contributed by atoms with Crippen LogP contribution in [-0.2, 0) is 0 Å². The molecule has 2 aliphatic heterocycles. The van der Waals surface area contributed by atoms with Gasteiger partial charge in [-0.05, 0) is 19.4 Å². The van der Waals surface area contributed by atoms with Gasteiger partial charge in [-0.3, -0.25) is 4.90 Å². The second-order valence-corrected chi connectivity index (χ2v) is 4.50. The Labute approximate surface area is 92.2 Å². The largest absolute Gasteiger partial charge is 0.387 e. The Balaban J connectivity index is 1.66. The van der Waals surface area contributed by atoms with Crippen LogP contribution in [0, 0.1) is 0 Å². The number of hydrogen-bond acceptors (Lipinski definition) is 3. The zero-order valence-electron chi connectivity index (χ0n) is 9.50. The Morgan fingerprint density at radius 2 is 2.53 bits per heavy atom. The molecule has 0 saturated carbocycles. The van der Waals surface area contributed by atoms with Gasteiger partial charge in [0.15, 0.2) is 0 Å². The lowest BCUT2D eigenvalue weighted by Crippen LogP contribution is -2.45. The molecule has 2 unspecified atom stereocenters. The highest BCUT2D eigenvalue weighted by molar-refractivity contribution is 5.06. The van der Waals surface area contributed by atoms with Crippen molar-refractivity contribution in [3.8, 4) is 0 Å². The highest BCUT2D eigenvalue weighted by Gasteiger charge is 2.36. The number of fused-ring (bicyclic) bond motifs is 2. The molecule has 3 heteroatoms. The first-order valence-electron chi connectivity index (χ1n) is 5.80. The van der Waals surface area contributed by atoms with Gasteiger partial charge in [0, 0.05) is 44.0 Å². The Kier molecular flexibility index (Phi) is 3.44. The predicted molar refractivity (Wildman–Crippen MR) is 63.7 cm³/mol. The van der Waals surface area contributed by atoms with Gasteiger partial charge in [0.05, 0.1) is 0 Å². The molecule has 0 aliphatic carbocycles. The van der Waals surface area contributed by atoms with Crippen molar-refractivity contribution in [1.29, 1.82) is 0 Å². The van der Waals surface area contributed by atoms with E-state index in [4.69, 9.17) is 0 Å². The molecule has 2 aliphatic rings. The Hall–Kier alpha value is -0.800. The molecule has 3 nitrogen and oxygen atoms in total. The quantitative estimate of drug-likeness (QED) is 0.650. The van der Waals surface area contributed by atoms with Crippen molar-refractivity contribution in [2.45, 2.75) is 25.4 Å². The molecule has 0 aromatic carbocycles. The van der Waals surface area contributed by atoms with Crippen molar-refractivity contribution < 1.29 is 0 Å². The van der Waals surface area contributed by atoms with Gasteiger partial charge in [0.25, 0.3) is 0 Å². The Morgan fingerprint density at radius 3 is 3.13 bits per heavy atom. The van der Waals surface area contributed by atoms with Gasteiger partial charge in [0.1, 0.15) is 0 Å². The van der Waals surface area contributed by atoms with Crippen LogP contribution >= 0.6 is 0 Å². The highest BCUT2D eigenvalue weighted by Crippen LogP contribution is 2.22. The van der Waals surface area contributed by atoms with Crippen LogP contribution in [0.1, 0.15) is 13.3 Å². The molecule has 15 heavy (non-hydrogen) atoms. The third-order valence-electron chi connectivity index (χ3n) is 3.34. The predicted octanol–water partition coefficient (Wildman–Crippen LogP) is 0.712. The number of likely N-dealkylation sites (tertiary alicyclic amines) is 1. The molecule has 2 bridgehead atoms. The number of allylic oxidation sites excluding steroid dienone is 3. The normalized spacial score (nSPS) is 30.9. The molecule has 0 spiro atoms. The summed E-state index contributed by atoms with van der Waals surface area (Å²) in [7, 11) is 0. The van der Waals surface area contributed by atoms with E-state index in [2.05, 4.69) is 29.0 Å². The fraction of sp³-hybridized carbons (Fsp3) is 0.667. The van der Waals surface area contributed by atoms with Gasteiger partial charge in [-0.2, -0.15) is 0 Å². The summed E-state index contributed by atoms with van der Waals surface area (Å²) in [5.74, 6) is 0. The summed E-state index contributed by atoms with van der Waals surface area (Å²) in [5, 5.41) is 6.92. The molecule has 84 valence electrons. The lowest BCUT2D eigenvalue weighted by molar-refractivity contribution is 0.228. The number of rotatable bonds is 5. The van der Waals surface area contributed by atoms with Crippen LogP contribution in [0.25, 0.3) is 0 Å². The van der Waals surface area contributed by atoms with E-state index in [0.29, 0.717) is 0 Å². The zero-order chi connectivity index (χ0) is 10.7. The van der Waals surface area contributed by atoms with E-state index < -0.39 is 0 Å². The smallest absolute Gasteiger partial charge is 0.0271 e. The standard InChI is InChI=1S/C12H21N3/c1-3-4-10(2)13-5-6-15-9-11-7-12(15)8-14-11/h3-4,11-14H,1,5-9H2,2H3/b10-4+. The second-order valence-electron chi connectivity index (χ2n) is 4.50. The first-order chi connectivity index (χ1) is 7.29. The number of nitrogens with zero attached hydrogens (tertiary/aromatic N) is 1. The number of nitrogens with one attached hydrogen (secondary N) is 2. The van der Waals surface area contributed by atoms with E-state index in [9.17, 15) is 0 Å². The molecule has 2 N–H and O–H groups in total. The van der Waals surface area contributed by atoms with Crippen molar-refractivity contribution in [1.82, 2.24) is 15.5 Å². The molecule has 0 aromatic rings. The monoisotopic (exact) mass is 207 g/mol. The average Bonchev–Trinajstić information content (AvgIpc) is 2.79. The van der Waals surface area contributed by atoms with E-state index >= 15 is 0 Å². The van der Waals surface area contributed by atoms with Crippen LogP contribution in [-0.4, -0.2) is 43.2 Å². The first-order valence-corrected chi connectivity index (χ1v) is 5.80. The molecule has 2 rings (SSSR count).